The lowest BCUT2D eigenvalue weighted by molar-refractivity contribution is 0.237. The van der Waals surface area contributed by atoms with E-state index in [0.717, 1.165) is 37.2 Å². The van der Waals surface area contributed by atoms with E-state index < -0.39 is 0 Å². The molecule has 1 atom stereocenters. The Morgan fingerprint density at radius 3 is 2.55 bits per heavy atom. The maximum atomic E-state index is 4.20. The molecule has 1 aliphatic carbocycles. The molecule has 1 heterocycles. The summed E-state index contributed by atoms with van der Waals surface area (Å²) >= 11 is 0. The Hall–Kier alpha value is -0.970. The van der Waals surface area contributed by atoms with Crippen molar-refractivity contribution in [3.63, 3.8) is 0 Å². The van der Waals surface area contributed by atoms with Gasteiger partial charge in [-0.25, -0.2) is 4.68 Å². The first-order valence-corrected chi connectivity index (χ1v) is 8.24. The third kappa shape index (κ3) is 4.01. The van der Waals surface area contributed by atoms with Gasteiger partial charge in [-0.15, -0.1) is 5.10 Å². The number of tetrazole rings is 1. The van der Waals surface area contributed by atoms with Gasteiger partial charge in [0.05, 0.1) is 6.04 Å². The van der Waals surface area contributed by atoms with E-state index in [1.807, 2.05) is 4.68 Å². The summed E-state index contributed by atoms with van der Waals surface area (Å²) in [5, 5.41) is 15.7. The molecule has 5 heteroatoms. The first-order valence-electron chi connectivity index (χ1n) is 8.24. The van der Waals surface area contributed by atoms with Gasteiger partial charge in [0.1, 0.15) is 0 Å². The van der Waals surface area contributed by atoms with Crippen molar-refractivity contribution in [2.75, 3.05) is 6.54 Å². The highest BCUT2D eigenvalue weighted by molar-refractivity contribution is 4.90. The molecule has 0 aliphatic heterocycles. The Kier molecular flexibility index (Phi) is 5.95. The zero-order chi connectivity index (χ0) is 14.4. The van der Waals surface area contributed by atoms with Crippen molar-refractivity contribution in [3.8, 4) is 0 Å². The van der Waals surface area contributed by atoms with Gasteiger partial charge >= 0.3 is 0 Å². The summed E-state index contributed by atoms with van der Waals surface area (Å²) in [5.41, 5.74) is 0. The highest BCUT2D eigenvalue weighted by Crippen LogP contribution is 2.31. The van der Waals surface area contributed by atoms with E-state index in [1.54, 1.807) is 0 Å². The second kappa shape index (κ2) is 7.72. The topological polar surface area (TPSA) is 55.6 Å². The van der Waals surface area contributed by atoms with Crippen LogP contribution in [0, 0.1) is 11.8 Å². The molecule has 0 amide bonds. The zero-order valence-electron chi connectivity index (χ0n) is 13.2. The lowest BCUT2D eigenvalue weighted by atomic mass is 9.81. The highest BCUT2D eigenvalue weighted by Gasteiger charge is 2.22. The quantitative estimate of drug-likeness (QED) is 0.833. The number of nitrogens with one attached hydrogen (secondary N) is 1. The van der Waals surface area contributed by atoms with Crippen LogP contribution in [0.1, 0.15) is 71.2 Å². The van der Waals surface area contributed by atoms with Gasteiger partial charge in [0, 0.05) is 6.54 Å². The van der Waals surface area contributed by atoms with E-state index in [-0.39, 0.29) is 6.04 Å². The first kappa shape index (κ1) is 15.4. The van der Waals surface area contributed by atoms with E-state index in [9.17, 15) is 0 Å². The van der Waals surface area contributed by atoms with E-state index in [4.69, 9.17) is 0 Å². The van der Waals surface area contributed by atoms with Crippen LogP contribution in [0.15, 0.2) is 0 Å². The Bertz CT molecular complexity index is 381. The molecule has 1 saturated carbocycles. The van der Waals surface area contributed by atoms with Crippen LogP contribution in [-0.2, 0) is 6.54 Å². The predicted molar refractivity (Wildman–Crippen MR) is 80.3 cm³/mol. The second-order valence-corrected chi connectivity index (χ2v) is 6.19. The van der Waals surface area contributed by atoms with E-state index >= 15 is 0 Å². The summed E-state index contributed by atoms with van der Waals surface area (Å²) in [6, 6.07) is 0.233. The molecule has 1 N–H and O–H groups in total. The predicted octanol–water partition coefficient (Wildman–Crippen LogP) is 2.95. The van der Waals surface area contributed by atoms with Crippen molar-refractivity contribution >= 4 is 0 Å². The van der Waals surface area contributed by atoms with Gasteiger partial charge in [-0.3, -0.25) is 0 Å². The minimum absolute atomic E-state index is 0.233. The molecule has 1 aromatic heterocycles. The molecular weight excluding hydrogens is 250 g/mol. The van der Waals surface area contributed by atoms with Crippen LogP contribution in [0.4, 0.5) is 0 Å². The average molecular weight is 279 g/mol. The number of rotatable bonds is 7. The maximum absolute atomic E-state index is 4.20. The van der Waals surface area contributed by atoms with Crippen LogP contribution in [-0.4, -0.2) is 26.8 Å². The van der Waals surface area contributed by atoms with Crippen LogP contribution in [0.25, 0.3) is 0 Å². The normalized spacial score (nSPS) is 24.8. The molecule has 1 aromatic rings. The molecule has 5 nitrogen and oxygen atoms in total. The third-order valence-electron chi connectivity index (χ3n) is 4.62. The molecule has 0 spiro atoms. The fraction of sp³-hybridized carbons (Fsp3) is 0.933. The van der Waals surface area contributed by atoms with Crippen LogP contribution in [0.3, 0.4) is 0 Å². The van der Waals surface area contributed by atoms with Crippen molar-refractivity contribution in [2.24, 2.45) is 11.8 Å². The van der Waals surface area contributed by atoms with Crippen LogP contribution in [0.2, 0.25) is 0 Å². The molecule has 0 aromatic carbocycles. The Balaban J connectivity index is 1.89. The lowest BCUT2D eigenvalue weighted by Gasteiger charge is -2.28. The van der Waals surface area contributed by atoms with Gasteiger partial charge in [-0.2, -0.15) is 0 Å². The minimum atomic E-state index is 0.233. The van der Waals surface area contributed by atoms with Crippen molar-refractivity contribution in [1.82, 2.24) is 25.5 Å². The van der Waals surface area contributed by atoms with Crippen LogP contribution >= 0.6 is 0 Å². The van der Waals surface area contributed by atoms with Crippen molar-refractivity contribution in [3.05, 3.63) is 5.82 Å². The summed E-state index contributed by atoms with van der Waals surface area (Å²) < 4.78 is 2.02. The summed E-state index contributed by atoms with van der Waals surface area (Å²) in [6.45, 7) is 8.62. The molecule has 114 valence electrons. The van der Waals surface area contributed by atoms with Crippen LogP contribution < -0.4 is 5.32 Å². The fourth-order valence-electron chi connectivity index (χ4n) is 3.17. The second-order valence-electron chi connectivity index (χ2n) is 6.19. The molecule has 0 saturated heterocycles. The van der Waals surface area contributed by atoms with Crippen molar-refractivity contribution in [1.29, 1.82) is 0 Å². The fourth-order valence-corrected chi connectivity index (χ4v) is 3.17. The molecule has 0 bridgehead atoms. The molecular formula is C15H29N5. The van der Waals surface area contributed by atoms with Gasteiger partial charge in [-0.1, -0.05) is 33.1 Å². The highest BCUT2D eigenvalue weighted by atomic mass is 15.5. The molecule has 2 rings (SSSR count). The summed E-state index contributed by atoms with van der Waals surface area (Å²) in [4.78, 5) is 0. The smallest absolute Gasteiger partial charge is 0.167 e. The monoisotopic (exact) mass is 279 g/mol. The average Bonchev–Trinajstić information content (AvgIpc) is 2.94. The molecule has 1 fully saturated rings. The van der Waals surface area contributed by atoms with E-state index in [0.29, 0.717) is 0 Å². The standard InChI is InChI=1S/C15H29N5/c1-4-10-16-12(3)15-17-18-19-20(15)11-14-8-6-13(5-2)7-9-14/h12-14,16H,4-11H2,1-3H3. The number of hydrogen-bond acceptors (Lipinski definition) is 4. The van der Waals surface area contributed by atoms with Crippen molar-refractivity contribution in [2.45, 2.75) is 71.9 Å². The minimum Gasteiger partial charge on any atom is -0.307 e. The van der Waals surface area contributed by atoms with Gasteiger partial charge < -0.3 is 5.32 Å². The summed E-state index contributed by atoms with van der Waals surface area (Å²) in [7, 11) is 0. The van der Waals surface area contributed by atoms with Crippen LogP contribution in [0.5, 0.6) is 0 Å². The van der Waals surface area contributed by atoms with Gasteiger partial charge in [0.2, 0.25) is 0 Å². The number of aromatic nitrogens is 4. The zero-order valence-corrected chi connectivity index (χ0v) is 13.2. The number of hydrogen-bond donors (Lipinski definition) is 1. The lowest BCUT2D eigenvalue weighted by Crippen LogP contribution is -2.26. The molecule has 1 unspecified atom stereocenters. The van der Waals surface area contributed by atoms with E-state index in [1.165, 1.54) is 32.1 Å². The van der Waals surface area contributed by atoms with E-state index in [2.05, 4.69) is 41.6 Å². The third-order valence-corrected chi connectivity index (χ3v) is 4.62. The maximum Gasteiger partial charge on any atom is 0.167 e. The van der Waals surface area contributed by atoms with Crippen molar-refractivity contribution < 1.29 is 0 Å². The first-order chi connectivity index (χ1) is 9.74. The molecule has 0 radical (unpaired) electrons. The summed E-state index contributed by atoms with van der Waals surface area (Å²) in [5.74, 6) is 2.68. The van der Waals surface area contributed by atoms with Gasteiger partial charge in [0.25, 0.3) is 0 Å². The molecule has 20 heavy (non-hydrogen) atoms. The molecule has 1 aliphatic rings. The Morgan fingerprint density at radius 2 is 1.90 bits per heavy atom. The van der Waals surface area contributed by atoms with Gasteiger partial charge in [0.15, 0.2) is 5.82 Å². The van der Waals surface area contributed by atoms with Gasteiger partial charge in [-0.05, 0) is 55.0 Å². The Morgan fingerprint density at radius 1 is 1.20 bits per heavy atom. The SMILES string of the molecule is CCCNC(C)c1nnnn1CC1CCC(CC)CC1. The summed E-state index contributed by atoms with van der Waals surface area (Å²) in [6.07, 6.45) is 7.88. The Labute approximate surface area is 122 Å². The number of nitrogens with zero attached hydrogens (tertiary/aromatic N) is 4. The largest absolute Gasteiger partial charge is 0.307 e.